The molecule has 0 aliphatic rings. The zero-order valence-corrected chi connectivity index (χ0v) is 12.0. The van der Waals surface area contributed by atoms with Gasteiger partial charge in [0.2, 0.25) is 0 Å². The molecule has 0 fully saturated rings. The van der Waals surface area contributed by atoms with E-state index in [1.165, 1.54) is 0 Å². The summed E-state index contributed by atoms with van der Waals surface area (Å²) in [5.41, 5.74) is 1.83. The van der Waals surface area contributed by atoms with E-state index in [0.717, 1.165) is 17.9 Å². The second-order valence-electron chi connectivity index (χ2n) is 4.21. The molecule has 6 heteroatoms. The molecular weight excluding hydrogens is 254 g/mol. The van der Waals surface area contributed by atoms with Crippen molar-refractivity contribution < 1.29 is 9.84 Å². The first-order valence-corrected chi connectivity index (χ1v) is 6.56. The van der Waals surface area contributed by atoms with Crippen molar-refractivity contribution in [3.63, 3.8) is 0 Å². The summed E-state index contributed by atoms with van der Waals surface area (Å²) in [6.45, 7) is 6.06. The molecule has 1 unspecified atom stereocenters. The Bertz CT molecular complexity index is 362. The Morgan fingerprint density at radius 3 is 2.83 bits per heavy atom. The molecule has 1 rings (SSSR count). The summed E-state index contributed by atoms with van der Waals surface area (Å²) >= 11 is 6.23. The zero-order chi connectivity index (χ0) is 13.5. The fourth-order valence-corrected chi connectivity index (χ4v) is 2.08. The third kappa shape index (κ3) is 3.95. The lowest BCUT2D eigenvalue weighted by atomic mass is 10.2. The van der Waals surface area contributed by atoms with Gasteiger partial charge in [-0.15, -0.1) is 0 Å². The van der Waals surface area contributed by atoms with Crippen LogP contribution in [0.25, 0.3) is 0 Å². The molecule has 0 aliphatic carbocycles. The highest BCUT2D eigenvalue weighted by molar-refractivity contribution is 6.31. The van der Waals surface area contributed by atoms with E-state index in [9.17, 15) is 0 Å². The lowest BCUT2D eigenvalue weighted by Gasteiger charge is -2.17. The van der Waals surface area contributed by atoms with Gasteiger partial charge < -0.3 is 15.2 Å². The Morgan fingerprint density at radius 2 is 2.28 bits per heavy atom. The van der Waals surface area contributed by atoms with Crippen molar-refractivity contribution in [2.75, 3.05) is 20.3 Å². The van der Waals surface area contributed by atoms with Crippen molar-refractivity contribution in [1.82, 2.24) is 15.1 Å². The summed E-state index contributed by atoms with van der Waals surface area (Å²) in [4.78, 5) is 0. The number of methoxy groups -OCH3 is 1. The molecule has 0 bridgehead atoms. The summed E-state index contributed by atoms with van der Waals surface area (Å²) in [7, 11) is 1.65. The molecule has 1 heterocycles. The monoisotopic (exact) mass is 275 g/mol. The highest BCUT2D eigenvalue weighted by Gasteiger charge is 2.14. The van der Waals surface area contributed by atoms with Crippen LogP contribution in [0, 0.1) is 6.92 Å². The first kappa shape index (κ1) is 15.4. The second kappa shape index (κ2) is 7.74. The van der Waals surface area contributed by atoms with Gasteiger partial charge in [0.1, 0.15) is 0 Å². The molecule has 0 aliphatic heterocycles. The van der Waals surface area contributed by atoms with Crippen molar-refractivity contribution in [2.24, 2.45) is 0 Å². The largest absolute Gasteiger partial charge is 0.396 e. The number of rotatable bonds is 8. The molecule has 0 saturated heterocycles. The van der Waals surface area contributed by atoms with Crippen LogP contribution in [-0.2, 0) is 17.8 Å². The Balaban J connectivity index is 2.66. The highest BCUT2D eigenvalue weighted by Crippen LogP contribution is 2.20. The number of nitrogens with one attached hydrogen (secondary N) is 1. The number of aryl methyl sites for hydroxylation is 2. The molecule has 0 spiro atoms. The average molecular weight is 276 g/mol. The summed E-state index contributed by atoms with van der Waals surface area (Å²) in [6, 6.07) is 0.122. The first-order chi connectivity index (χ1) is 8.63. The Hall–Kier alpha value is -0.620. The first-order valence-electron chi connectivity index (χ1n) is 6.18. The predicted molar refractivity (Wildman–Crippen MR) is 71.9 cm³/mol. The molecule has 1 atom stereocenters. The SMILES string of the molecule is CCn1nc(C)c(Cl)c1CNC(CCO)COC. The van der Waals surface area contributed by atoms with Crippen molar-refractivity contribution in [1.29, 1.82) is 0 Å². The number of nitrogens with zero attached hydrogens (tertiary/aromatic N) is 2. The van der Waals surface area contributed by atoms with Crippen LogP contribution in [0.3, 0.4) is 0 Å². The Labute approximate surface area is 113 Å². The van der Waals surface area contributed by atoms with E-state index in [1.807, 2.05) is 18.5 Å². The molecule has 0 aromatic carbocycles. The zero-order valence-electron chi connectivity index (χ0n) is 11.2. The lowest BCUT2D eigenvalue weighted by Crippen LogP contribution is -2.34. The van der Waals surface area contributed by atoms with Gasteiger partial charge in [-0.25, -0.2) is 0 Å². The lowest BCUT2D eigenvalue weighted by molar-refractivity contribution is 0.147. The van der Waals surface area contributed by atoms with E-state index in [2.05, 4.69) is 10.4 Å². The van der Waals surface area contributed by atoms with Gasteiger partial charge in [0.05, 0.1) is 23.0 Å². The molecule has 2 N–H and O–H groups in total. The van der Waals surface area contributed by atoms with Gasteiger partial charge in [-0.3, -0.25) is 4.68 Å². The van der Waals surface area contributed by atoms with Gasteiger partial charge in [-0.05, 0) is 20.3 Å². The maximum atomic E-state index is 8.98. The van der Waals surface area contributed by atoms with Gasteiger partial charge in [-0.1, -0.05) is 11.6 Å². The van der Waals surface area contributed by atoms with E-state index >= 15 is 0 Å². The van der Waals surface area contributed by atoms with Gasteiger partial charge in [0.15, 0.2) is 0 Å². The Morgan fingerprint density at radius 1 is 1.56 bits per heavy atom. The summed E-state index contributed by atoms with van der Waals surface area (Å²) in [5.74, 6) is 0. The molecule has 0 radical (unpaired) electrons. The van der Waals surface area contributed by atoms with Crippen LogP contribution >= 0.6 is 11.6 Å². The van der Waals surface area contributed by atoms with Crippen molar-refractivity contribution >= 4 is 11.6 Å². The number of aliphatic hydroxyl groups is 1. The van der Waals surface area contributed by atoms with Crippen LogP contribution in [0.5, 0.6) is 0 Å². The van der Waals surface area contributed by atoms with Crippen LogP contribution in [0.2, 0.25) is 5.02 Å². The fraction of sp³-hybridized carbons (Fsp3) is 0.750. The van der Waals surface area contributed by atoms with Gasteiger partial charge in [0.25, 0.3) is 0 Å². The van der Waals surface area contributed by atoms with Crippen molar-refractivity contribution in [3.05, 3.63) is 16.4 Å². The summed E-state index contributed by atoms with van der Waals surface area (Å²) < 4.78 is 7.00. The quantitative estimate of drug-likeness (QED) is 0.752. The van der Waals surface area contributed by atoms with E-state index in [0.29, 0.717) is 24.6 Å². The molecule has 104 valence electrons. The normalized spacial score (nSPS) is 12.9. The van der Waals surface area contributed by atoms with Crippen molar-refractivity contribution in [3.8, 4) is 0 Å². The van der Waals surface area contributed by atoms with Crippen LogP contribution in [0.15, 0.2) is 0 Å². The molecule has 5 nitrogen and oxygen atoms in total. The number of hydrogen-bond acceptors (Lipinski definition) is 4. The maximum absolute atomic E-state index is 8.98. The minimum Gasteiger partial charge on any atom is -0.396 e. The smallest absolute Gasteiger partial charge is 0.0860 e. The van der Waals surface area contributed by atoms with E-state index in [-0.39, 0.29) is 12.6 Å². The van der Waals surface area contributed by atoms with Gasteiger partial charge >= 0.3 is 0 Å². The predicted octanol–water partition coefficient (Wildman–Crippen LogP) is 1.35. The second-order valence-corrected chi connectivity index (χ2v) is 4.59. The maximum Gasteiger partial charge on any atom is 0.0860 e. The molecule has 1 aromatic rings. The van der Waals surface area contributed by atoms with Crippen LogP contribution < -0.4 is 5.32 Å². The van der Waals surface area contributed by atoms with E-state index in [1.54, 1.807) is 7.11 Å². The number of halogens is 1. The number of aliphatic hydroxyl groups excluding tert-OH is 1. The third-order valence-electron chi connectivity index (χ3n) is 2.86. The standard InChI is InChI=1S/C12H22ClN3O2/c1-4-16-11(12(13)9(2)15-16)7-14-10(5-6-17)8-18-3/h10,14,17H,4-8H2,1-3H3. The molecule has 1 aromatic heterocycles. The molecule has 18 heavy (non-hydrogen) atoms. The van der Waals surface area contributed by atoms with Crippen LogP contribution in [0.4, 0.5) is 0 Å². The minimum atomic E-state index is 0.122. The fourth-order valence-electron chi connectivity index (χ4n) is 1.88. The van der Waals surface area contributed by atoms with E-state index < -0.39 is 0 Å². The third-order valence-corrected chi connectivity index (χ3v) is 3.35. The molecular formula is C12H22ClN3O2. The van der Waals surface area contributed by atoms with Gasteiger partial charge in [0, 0.05) is 32.8 Å². The summed E-state index contributed by atoms with van der Waals surface area (Å²) in [5, 5.41) is 17.4. The minimum absolute atomic E-state index is 0.122. The topological polar surface area (TPSA) is 59.3 Å². The Kier molecular flexibility index (Phi) is 6.63. The van der Waals surface area contributed by atoms with Crippen LogP contribution in [0.1, 0.15) is 24.7 Å². The molecule has 0 amide bonds. The van der Waals surface area contributed by atoms with Crippen LogP contribution in [-0.4, -0.2) is 41.3 Å². The van der Waals surface area contributed by atoms with Gasteiger partial charge in [-0.2, -0.15) is 5.10 Å². The average Bonchev–Trinajstić information content (AvgIpc) is 2.63. The van der Waals surface area contributed by atoms with E-state index in [4.69, 9.17) is 21.4 Å². The molecule has 0 saturated carbocycles. The number of aromatic nitrogens is 2. The number of hydrogen-bond donors (Lipinski definition) is 2. The van der Waals surface area contributed by atoms with Crippen molar-refractivity contribution in [2.45, 2.75) is 39.4 Å². The summed E-state index contributed by atoms with van der Waals surface area (Å²) in [6.07, 6.45) is 0.657. The highest BCUT2D eigenvalue weighted by atomic mass is 35.5. The number of ether oxygens (including phenoxy) is 1.